The lowest BCUT2D eigenvalue weighted by Crippen LogP contribution is -2.38. The highest BCUT2D eigenvalue weighted by Crippen LogP contribution is 2.42. The Hall–Kier alpha value is -3.85. The Morgan fingerprint density at radius 2 is 1.95 bits per heavy atom. The molecule has 3 aromatic rings. The molecule has 2 aromatic heterocycles. The SMILES string of the molecule is C/C=C(\C=N)c1cc(C(=O)NC2CC2)c(F)cc1C.C=C(C)c1cnc2cc(OC)c(C3(F)CCN(C)CC3)cn12.[HH]. The first-order valence-electron chi connectivity index (χ1n) is 13.9. The van der Waals surface area contributed by atoms with E-state index in [1.54, 1.807) is 32.4 Å². The molecule has 0 bridgehead atoms. The fourth-order valence-electron chi connectivity index (χ4n) is 5.03. The molecule has 41 heavy (non-hydrogen) atoms. The van der Waals surface area contributed by atoms with E-state index in [4.69, 9.17) is 10.1 Å². The van der Waals surface area contributed by atoms with E-state index in [-0.39, 0.29) is 18.9 Å². The number of fused-ring (bicyclic) bond motifs is 1. The van der Waals surface area contributed by atoms with E-state index in [9.17, 15) is 9.18 Å². The number of nitrogens with zero attached hydrogens (tertiary/aromatic N) is 3. The molecule has 2 aliphatic rings. The average Bonchev–Trinajstić information content (AvgIpc) is 3.66. The quantitative estimate of drug-likeness (QED) is 0.317. The number of piperidine rings is 1. The van der Waals surface area contributed by atoms with Crippen LogP contribution in [0, 0.1) is 18.2 Å². The molecule has 0 unspecified atom stereocenters. The molecule has 1 aliphatic carbocycles. The van der Waals surface area contributed by atoms with Crippen molar-refractivity contribution in [3.8, 4) is 5.75 Å². The number of amides is 1. The van der Waals surface area contributed by atoms with Crippen LogP contribution < -0.4 is 10.1 Å². The number of pyridine rings is 1. The van der Waals surface area contributed by atoms with Gasteiger partial charge in [0.25, 0.3) is 5.91 Å². The summed E-state index contributed by atoms with van der Waals surface area (Å²) in [5, 5.41) is 10.1. The number of hydrogen-bond acceptors (Lipinski definition) is 5. The number of benzene rings is 1. The summed E-state index contributed by atoms with van der Waals surface area (Å²) < 4.78 is 36.8. The number of aryl methyl sites for hydroxylation is 1. The van der Waals surface area contributed by atoms with Crippen molar-refractivity contribution in [2.24, 2.45) is 0 Å². The number of carbonyl (C=O) groups is 1. The molecule has 1 aliphatic heterocycles. The number of aromatic nitrogens is 2. The van der Waals surface area contributed by atoms with E-state index in [1.807, 2.05) is 31.5 Å². The van der Waals surface area contributed by atoms with Crippen molar-refractivity contribution in [2.75, 3.05) is 27.2 Å². The van der Waals surface area contributed by atoms with Crippen molar-refractivity contribution in [2.45, 2.75) is 58.2 Å². The van der Waals surface area contributed by atoms with Crippen LogP contribution in [0.2, 0.25) is 0 Å². The first-order valence-corrected chi connectivity index (χ1v) is 13.9. The summed E-state index contributed by atoms with van der Waals surface area (Å²) in [6.45, 7) is 11.0. The topological polar surface area (TPSA) is 82.7 Å². The van der Waals surface area contributed by atoms with Gasteiger partial charge in [0.2, 0.25) is 0 Å². The molecule has 2 fully saturated rings. The van der Waals surface area contributed by atoms with Gasteiger partial charge in [0.1, 0.15) is 22.9 Å². The summed E-state index contributed by atoms with van der Waals surface area (Å²) in [5.74, 6) is -0.320. The van der Waals surface area contributed by atoms with Crippen LogP contribution in [0.1, 0.15) is 73.7 Å². The Morgan fingerprint density at radius 3 is 2.51 bits per heavy atom. The van der Waals surface area contributed by atoms with Gasteiger partial charge in [-0.2, -0.15) is 0 Å². The van der Waals surface area contributed by atoms with Gasteiger partial charge in [-0.3, -0.25) is 9.20 Å². The number of carbonyl (C=O) groups excluding carboxylic acids is 1. The minimum Gasteiger partial charge on any atom is -0.496 e. The van der Waals surface area contributed by atoms with Crippen molar-refractivity contribution < 1.29 is 19.7 Å². The third-order valence-corrected chi connectivity index (χ3v) is 7.78. The summed E-state index contributed by atoms with van der Waals surface area (Å²) in [6, 6.07) is 4.88. The fraction of sp³-hybridized carbons (Fsp3) is 0.406. The summed E-state index contributed by atoms with van der Waals surface area (Å²) in [6.07, 6.45) is 9.46. The summed E-state index contributed by atoms with van der Waals surface area (Å²) in [4.78, 5) is 18.5. The second kappa shape index (κ2) is 12.3. The van der Waals surface area contributed by atoms with Gasteiger partial charge in [0.05, 0.1) is 24.6 Å². The molecular formula is C32H41F2N5O2. The van der Waals surface area contributed by atoms with Crippen molar-refractivity contribution in [3.63, 3.8) is 0 Å². The maximum Gasteiger partial charge on any atom is 0.254 e. The van der Waals surface area contributed by atoms with Crippen LogP contribution in [0.3, 0.4) is 0 Å². The van der Waals surface area contributed by atoms with Gasteiger partial charge in [0.15, 0.2) is 0 Å². The first kappa shape index (κ1) is 30.1. The Balaban J connectivity index is 0.000000228. The number of rotatable bonds is 7. The van der Waals surface area contributed by atoms with Gasteiger partial charge >= 0.3 is 0 Å². The zero-order chi connectivity index (χ0) is 29.9. The molecule has 2 N–H and O–H groups in total. The van der Waals surface area contributed by atoms with Crippen LogP contribution in [0.5, 0.6) is 5.75 Å². The van der Waals surface area contributed by atoms with Gasteiger partial charge in [0, 0.05) is 44.6 Å². The van der Waals surface area contributed by atoms with E-state index in [1.165, 1.54) is 18.3 Å². The summed E-state index contributed by atoms with van der Waals surface area (Å²) in [5.41, 5.74) is 3.97. The molecule has 0 radical (unpaired) electrons. The smallest absolute Gasteiger partial charge is 0.254 e. The molecule has 7 nitrogen and oxygen atoms in total. The van der Waals surface area contributed by atoms with E-state index in [0.717, 1.165) is 54.0 Å². The second-order valence-electron chi connectivity index (χ2n) is 11.0. The van der Waals surface area contributed by atoms with Gasteiger partial charge in [-0.1, -0.05) is 12.7 Å². The lowest BCUT2D eigenvalue weighted by atomic mass is 9.86. The zero-order valence-electron chi connectivity index (χ0n) is 24.5. The van der Waals surface area contributed by atoms with Gasteiger partial charge in [-0.25, -0.2) is 13.8 Å². The predicted molar refractivity (Wildman–Crippen MR) is 162 cm³/mol. The second-order valence-corrected chi connectivity index (χ2v) is 11.0. The van der Waals surface area contributed by atoms with Gasteiger partial charge < -0.3 is 20.4 Å². The van der Waals surface area contributed by atoms with E-state index >= 15 is 4.39 Å². The molecule has 0 spiro atoms. The van der Waals surface area contributed by atoms with Crippen LogP contribution in [0.25, 0.3) is 16.8 Å². The Kier molecular flexibility index (Phi) is 9.07. The average molecular weight is 566 g/mol. The van der Waals surface area contributed by atoms with E-state index < -0.39 is 11.5 Å². The largest absolute Gasteiger partial charge is 0.496 e. The van der Waals surface area contributed by atoms with Crippen molar-refractivity contribution in [1.82, 2.24) is 19.6 Å². The van der Waals surface area contributed by atoms with Crippen LogP contribution >= 0.6 is 0 Å². The van der Waals surface area contributed by atoms with E-state index in [0.29, 0.717) is 29.7 Å². The standard InChI is InChI=1S/C17H22FN3O.C15H17FN2O.H2/c1-12(2)14-10-19-16-9-15(22-4)13(11-21(14)16)17(18)5-7-20(3)8-6-17;1-3-10(8-17)12-7-13(14(16)6-9(12)2)15(19)18-11-4-5-11;/h9-11H,1,5-8H2,2-4H3;3,6-8,11,17H,4-5H2,1-2H3,(H,18,19);1H/b;10-3+,17-8?;. The van der Waals surface area contributed by atoms with Crippen LogP contribution in [0.4, 0.5) is 8.78 Å². The monoisotopic (exact) mass is 565 g/mol. The molecule has 1 aromatic carbocycles. The van der Waals surface area contributed by atoms with Crippen LogP contribution in [-0.4, -0.2) is 59.7 Å². The predicted octanol–water partition coefficient (Wildman–Crippen LogP) is 6.59. The minimum atomic E-state index is -1.36. The molecule has 5 rings (SSSR count). The molecule has 1 amide bonds. The maximum absolute atomic E-state index is 15.5. The molecule has 1 saturated heterocycles. The van der Waals surface area contributed by atoms with Crippen LogP contribution in [0.15, 0.2) is 43.2 Å². The number of methoxy groups -OCH3 is 1. The van der Waals surface area contributed by atoms with Crippen molar-refractivity contribution in [1.29, 1.82) is 5.41 Å². The Bertz CT molecular complexity index is 1500. The lowest BCUT2D eigenvalue weighted by molar-refractivity contribution is 0.0645. The number of likely N-dealkylation sites (tertiary alicyclic amines) is 1. The Labute approximate surface area is 241 Å². The lowest BCUT2D eigenvalue weighted by Gasteiger charge is -2.35. The highest BCUT2D eigenvalue weighted by atomic mass is 19.1. The number of nitrogens with one attached hydrogen (secondary N) is 2. The number of alkyl halides is 1. The first-order chi connectivity index (χ1) is 19.5. The number of allylic oxidation sites excluding steroid dienone is 3. The minimum absolute atomic E-state index is 0. The molecular weight excluding hydrogens is 524 g/mol. The van der Waals surface area contributed by atoms with E-state index in [2.05, 4.69) is 21.8 Å². The summed E-state index contributed by atoms with van der Waals surface area (Å²) in [7, 11) is 3.60. The molecule has 220 valence electrons. The number of hydrogen-bond donors (Lipinski definition) is 2. The number of halogens is 2. The normalized spacial score (nSPS) is 17.0. The third-order valence-electron chi connectivity index (χ3n) is 7.78. The fourth-order valence-corrected chi connectivity index (χ4v) is 5.03. The third kappa shape index (κ3) is 6.56. The van der Waals surface area contributed by atoms with Crippen LogP contribution in [-0.2, 0) is 5.67 Å². The maximum atomic E-state index is 15.5. The highest BCUT2D eigenvalue weighted by molar-refractivity contribution is 6.09. The molecule has 0 atom stereocenters. The summed E-state index contributed by atoms with van der Waals surface area (Å²) >= 11 is 0. The van der Waals surface area contributed by atoms with Gasteiger partial charge in [-0.05, 0) is 87.9 Å². The molecule has 1 saturated carbocycles. The zero-order valence-corrected chi connectivity index (χ0v) is 24.5. The van der Waals surface area contributed by atoms with Crippen molar-refractivity contribution in [3.05, 3.63) is 77.0 Å². The van der Waals surface area contributed by atoms with Gasteiger partial charge in [-0.15, -0.1) is 0 Å². The molecule has 3 heterocycles. The number of imidazole rings is 1. The molecule has 9 heteroatoms. The number of ether oxygens (including phenoxy) is 1. The Morgan fingerprint density at radius 1 is 1.27 bits per heavy atom. The highest BCUT2D eigenvalue weighted by Gasteiger charge is 2.38. The van der Waals surface area contributed by atoms with Crippen molar-refractivity contribution >= 4 is 28.9 Å².